The second-order valence-corrected chi connectivity index (χ2v) is 10.7. The highest BCUT2D eigenvalue weighted by molar-refractivity contribution is 6.62. The molecular formula is C26H30B2F3N3O6. The van der Waals surface area contributed by atoms with Crippen LogP contribution in [0.4, 0.5) is 13.2 Å². The van der Waals surface area contributed by atoms with Crippen LogP contribution in [0.3, 0.4) is 0 Å². The van der Waals surface area contributed by atoms with E-state index in [-0.39, 0.29) is 45.7 Å². The Morgan fingerprint density at radius 3 is 2.38 bits per heavy atom. The molecule has 1 fully saturated rings. The van der Waals surface area contributed by atoms with E-state index in [9.17, 15) is 23.8 Å². The van der Waals surface area contributed by atoms with E-state index in [2.05, 4.69) is 4.98 Å². The normalized spacial score (nSPS) is 17.7. The lowest BCUT2D eigenvalue weighted by Crippen LogP contribution is -2.49. The lowest BCUT2D eigenvalue weighted by atomic mass is 9.78. The molecule has 4 rings (SSSR count). The Hall–Kier alpha value is -2.90. The third-order valence-electron chi connectivity index (χ3n) is 7.57. The van der Waals surface area contributed by atoms with Gasteiger partial charge >= 0.3 is 13.7 Å². The molecule has 2 N–H and O–H groups in total. The van der Waals surface area contributed by atoms with Gasteiger partial charge in [-0.15, -0.1) is 0 Å². The van der Waals surface area contributed by atoms with Crippen molar-refractivity contribution in [3.63, 3.8) is 0 Å². The summed E-state index contributed by atoms with van der Waals surface area (Å²) in [6.45, 7) is 5.72. The molecule has 0 saturated carbocycles. The summed E-state index contributed by atoms with van der Waals surface area (Å²) in [6.07, 6.45) is 0.651. The molecule has 1 aliphatic rings. The number of fused-ring (bicyclic) bond motifs is 1. The fourth-order valence-electron chi connectivity index (χ4n) is 4.67. The molecule has 1 unspecified atom stereocenters. The molecule has 1 aromatic heterocycles. The largest absolute Gasteiger partial charge is 0.497 e. The minimum Gasteiger partial charge on any atom is -0.433 e. The van der Waals surface area contributed by atoms with E-state index >= 15 is 4.39 Å². The van der Waals surface area contributed by atoms with E-state index in [4.69, 9.17) is 21.9 Å². The van der Waals surface area contributed by atoms with Crippen molar-refractivity contribution in [3.8, 4) is 11.4 Å². The van der Waals surface area contributed by atoms with Gasteiger partial charge in [-0.05, 0) is 59.4 Å². The average molecular weight is 559 g/mol. The molecule has 40 heavy (non-hydrogen) atoms. The maximum Gasteiger partial charge on any atom is 0.497 e. The topological polar surface area (TPSA) is 106 Å². The first-order valence-electron chi connectivity index (χ1n) is 12.6. The Bertz CT molecular complexity index is 1410. The smallest absolute Gasteiger partial charge is 0.433 e. The number of rotatable bonds is 9. The predicted molar refractivity (Wildman–Crippen MR) is 142 cm³/mol. The molecule has 0 aliphatic carbocycles. The van der Waals surface area contributed by atoms with Crippen LogP contribution in [0.15, 0.2) is 30.3 Å². The van der Waals surface area contributed by atoms with Crippen molar-refractivity contribution in [3.05, 3.63) is 47.5 Å². The third kappa shape index (κ3) is 5.26. The van der Waals surface area contributed by atoms with Crippen molar-refractivity contribution in [1.29, 1.82) is 0 Å². The molecule has 0 bridgehead atoms. The van der Waals surface area contributed by atoms with Crippen LogP contribution in [0.25, 0.3) is 16.7 Å². The number of nitrogens with zero attached hydrogens (tertiary/aromatic N) is 3. The summed E-state index contributed by atoms with van der Waals surface area (Å²) in [7, 11) is 5.74. The Morgan fingerprint density at radius 1 is 1.23 bits per heavy atom. The first kappa shape index (κ1) is 30.1. The summed E-state index contributed by atoms with van der Waals surface area (Å²) in [4.78, 5) is 17.7. The summed E-state index contributed by atoms with van der Waals surface area (Å²) in [5.74, 6) is -3.80. The third-order valence-corrected chi connectivity index (χ3v) is 7.57. The zero-order valence-corrected chi connectivity index (χ0v) is 23.0. The van der Waals surface area contributed by atoms with Gasteiger partial charge in [0, 0.05) is 17.1 Å². The Kier molecular flexibility index (Phi) is 7.89. The molecule has 1 saturated heterocycles. The predicted octanol–water partition coefficient (Wildman–Crippen LogP) is 3.03. The number of hydrogen-bond acceptors (Lipinski definition) is 8. The van der Waals surface area contributed by atoms with E-state index in [1.807, 2.05) is 27.7 Å². The number of para-hydroxylation sites is 1. The maximum absolute atomic E-state index is 15.5. The summed E-state index contributed by atoms with van der Waals surface area (Å²) in [5.41, 5.74) is -1.42. The minimum absolute atomic E-state index is 0.0117. The van der Waals surface area contributed by atoms with E-state index in [0.29, 0.717) is 6.29 Å². The molecule has 2 heterocycles. The van der Waals surface area contributed by atoms with Crippen LogP contribution in [0, 0.1) is 5.82 Å². The Labute approximate surface area is 231 Å². The molecule has 0 spiro atoms. The zero-order valence-electron chi connectivity index (χ0n) is 23.0. The van der Waals surface area contributed by atoms with E-state index in [1.165, 1.54) is 35.9 Å². The Morgan fingerprint density at radius 2 is 1.85 bits per heavy atom. The van der Waals surface area contributed by atoms with E-state index < -0.39 is 42.6 Å². The number of carbonyl (C=O) groups excluding carboxylic acids is 1. The number of aldehydes is 1. The van der Waals surface area contributed by atoms with Crippen molar-refractivity contribution < 1.29 is 42.2 Å². The van der Waals surface area contributed by atoms with Crippen molar-refractivity contribution in [2.45, 2.75) is 70.7 Å². The maximum atomic E-state index is 15.5. The van der Waals surface area contributed by atoms with Crippen LogP contribution in [0.5, 0.6) is 5.75 Å². The monoisotopic (exact) mass is 559 g/mol. The van der Waals surface area contributed by atoms with Gasteiger partial charge in [0.2, 0.25) is 0 Å². The summed E-state index contributed by atoms with van der Waals surface area (Å²) in [5, 5.41) is 20.3. The summed E-state index contributed by atoms with van der Waals surface area (Å²) in [6, 6.07) is 5.60. The first-order valence-corrected chi connectivity index (χ1v) is 12.6. The average Bonchev–Trinajstić information content (AvgIpc) is 3.29. The highest BCUT2D eigenvalue weighted by Gasteiger charge is 2.52. The fourth-order valence-corrected chi connectivity index (χ4v) is 4.67. The van der Waals surface area contributed by atoms with Crippen molar-refractivity contribution in [1.82, 2.24) is 14.5 Å². The van der Waals surface area contributed by atoms with Crippen LogP contribution in [0.2, 0.25) is 0 Å². The molecule has 1 aliphatic heterocycles. The lowest BCUT2D eigenvalue weighted by Gasteiger charge is -2.36. The molecule has 2 radical (unpaired) electrons. The number of benzene rings is 2. The minimum atomic E-state index is -3.23. The highest BCUT2D eigenvalue weighted by Crippen LogP contribution is 2.39. The standard InChI is InChI=1S/C26H30B2F3N3O6/c1-7-18(33(6)26(27,36)37)22-32-17-12-16(29)15(28-39-24(2,3)25(4,5)40-28)11-19(17)34(22)21-14(13-35)9-8-10-20(21)38-23(30)31/h8-13,18,23,36-37H,7H2,1-6H3. The second-order valence-electron chi connectivity index (χ2n) is 10.7. The summed E-state index contributed by atoms with van der Waals surface area (Å²) < 4.78 is 60.7. The van der Waals surface area contributed by atoms with Gasteiger partial charge in [0.15, 0.2) is 25.7 Å². The van der Waals surface area contributed by atoms with Gasteiger partial charge < -0.3 is 24.3 Å². The number of ether oxygens (including phenoxy) is 1. The molecular weight excluding hydrogens is 529 g/mol. The van der Waals surface area contributed by atoms with Crippen LogP contribution >= 0.6 is 0 Å². The van der Waals surface area contributed by atoms with E-state index in [0.717, 1.165) is 11.0 Å². The Balaban J connectivity index is 2.07. The zero-order chi connectivity index (χ0) is 29.8. The summed E-state index contributed by atoms with van der Waals surface area (Å²) >= 11 is 0. The van der Waals surface area contributed by atoms with Gasteiger partial charge in [0.25, 0.3) is 0 Å². The number of halogens is 3. The van der Waals surface area contributed by atoms with E-state index in [1.54, 1.807) is 6.92 Å². The first-order chi connectivity index (χ1) is 18.5. The molecule has 0 amide bonds. The van der Waals surface area contributed by atoms with Gasteiger partial charge in [-0.2, -0.15) is 8.78 Å². The van der Waals surface area contributed by atoms with Crippen LogP contribution in [-0.4, -0.2) is 76.6 Å². The number of aromatic nitrogens is 2. The molecule has 3 aromatic rings. The van der Waals surface area contributed by atoms with Crippen molar-refractivity contribution in [2.75, 3.05) is 7.05 Å². The highest BCUT2D eigenvalue weighted by atomic mass is 19.3. The van der Waals surface area contributed by atoms with Gasteiger partial charge in [-0.1, -0.05) is 13.0 Å². The fraction of sp³-hybridized carbons (Fsp3) is 0.462. The molecule has 9 nitrogen and oxygen atoms in total. The number of hydrogen-bond donors (Lipinski definition) is 2. The van der Waals surface area contributed by atoms with Crippen LogP contribution in [-0.2, 0) is 9.31 Å². The SMILES string of the molecule is [B]C(O)(O)N(C)C(CC)c1nc2cc(F)c(B3OC(C)(C)C(C)(C)O3)cc2n1-c1c(C=O)cccc1OC(F)F. The van der Waals surface area contributed by atoms with Gasteiger partial charge in [-0.25, -0.2) is 9.37 Å². The molecule has 14 heteroatoms. The van der Waals surface area contributed by atoms with Crippen molar-refractivity contribution >= 4 is 37.7 Å². The van der Waals surface area contributed by atoms with Gasteiger partial charge in [0.05, 0.1) is 28.3 Å². The quantitative estimate of drug-likeness (QED) is 0.234. The van der Waals surface area contributed by atoms with Gasteiger partial charge in [0.1, 0.15) is 17.3 Å². The molecule has 212 valence electrons. The number of alkyl halides is 2. The second kappa shape index (κ2) is 10.5. The molecule has 2 aromatic carbocycles. The van der Waals surface area contributed by atoms with Crippen molar-refractivity contribution in [2.24, 2.45) is 0 Å². The van der Waals surface area contributed by atoms with Gasteiger partial charge in [-0.3, -0.25) is 14.3 Å². The number of aliphatic hydroxyl groups is 2. The lowest BCUT2D eigenvalue weighted by molar-refractivity contribution is -0.203. The molecule has 1 atom stereocenters. The number of carbonyl (C=O) groups is 1. The number of imidazole rings is 1. The van der Waals surface area contributed by atoms with Crippen LogP contribution in [0.1, 0.15) is 63.3 Å². The van der Waals surface area contributed by atoms with Crippen LogP contribution < -0.4 is 10.2 Å².